The summed E-state index contributed by atoms with van der Waals surface area (Å²) in [5.41, 5.74) is 1.13. The van der Waals surface area contributed by atoms with Crippen LogP contribution in [0.3, 0.4) is 0 Å². The van der Waals surface area contributed by atoms with E-state index in [1.807, 2.05) is 12.1 Å². The molecular weight excluding hydrogens is 314 g/mol. The molecule has 1 rings (SSSR count). The second-order valence-corrected chi connectivity index (χ2v) is 6.11. The highest BCUT2D eigenvalue weighted by Gasteiger charge is 2.00. The summed E-state index contributed by atoms with van der Waals surface area (Å²) in [5.74, 6) is 0.880. The van der Waals surface area contributed by atoms with Crippen LogP contribution in [0.25, 0.3) is 0 Å². The molecular formula is C17H28BrNO. The highest BCUT2D eigenvalue weighted by molar-refractivity contribution is 9.10. The number of benzene rings is 1. The Kier molecular flexibility index (Phi) is 9.56. The second kappa shape index (κ2) is 11.0. The molecule has 0 fully saturated rings. The Morgan fingerprint density at radius 2 is 1.65 bits per heavy atom. The molecule has 1 N–H and O–H groups in total. The summed E-state index contributed by atoms with van der Waals surface area (Å²) in [6.07, 6.45) is 10.9. The van der Waals surface area contributed by atoms with E-state index in [0.29, 0.717) is 0 Å². The van der Waals surface area contributed by atoms with E-state index < -0.39 is 0 Å². The van der Waals surface area contributed by atoms with Crippen LogP contribution in [0.1, 0.15) is 58.3 Å². The summed E-state index contributed by atoms with van der Waals surface area (Å²) in [6, 6.07) is 6.14. The Labute approximate surface area is 132 Å². The van der Waals surface area contributed by atoms with E-state index in [0.717, 1.165) is 22.5 Å². The number of anilines is 1. The first-order valence-electron chi connectivity index (χ1n) is 7.85. The maximum atomic E-state index is 5.29. The van der Waals surface area contributed by atoms with Crippen LogP contribution in [0, 0.1) is 0 Å². The minimum Gasteiger partial charge on any atom is -0.495 e. The Balaban J connectivity index is 2.06. The van der Waals surface area contributed by atoms with Crippen LogP contribution in [-0.4, -0.2) is 13.7 Å². The van der Waals surface area contributed by atoms with Gasteiger partial charge in [-0.1, -0.05) is 51.9 Å². The molecule has 0 aliphatic rings. The fourth-order valence-corrected chi connectivity index (χ4v) is 2.67. The third kappa shape index (κ3) is 7.18. The van der Waals surface area contributed by atoms with Crippen LogP contribution >= 0.6 is 15.9 Å². The molecule has 0 unspecified atom stereocenters. The lowest BCUT2D eigenvalue weighted by Gasteiger charge is -2.09. The van der Waals surface area contributed by atoms with Crippen molar-refractivity contribution in [3.05, 3.63) is 22.7 Å². The molecule has 3 heteroatoms. The molecule has 0 saturated carbocycles. The number of unbranched alkanes of at least 4 members (excludes halogenated alkanes) is 7. The molecule has 2 nitrogen and oxygen atoms in total. The highest BCUT2D eigenvalue weighted by Crippen LogP contribution is 2.27. The summed E-state index contributed by atoms with van der Waals surface area (Å²) in [5, 5.41) is 3.46. The van der Waals surface area contributed by atoms with Crippen molar-refractivity contribution in [2.75, 3.05) is 19.0 Å². The van der Waals surface area contributed by atoms with Crippen molar-refractivity contribution in [2.45, 2.75) is 58.3 Å². The van der Waals surface area contributed by atoms with Gasteiger partial charge in [0, 0.05) is 18.3 Å². The van der Waals surface area contributed by atoms with Crippen molar-refractivity contribution in [3.63, 3.8) is 0 Å². The van der Waals surface area contributed by atoms with Gasteiger partial charge in [-0.2, -0.15) is 0 Å². The lowest BCUT2D eigenvalue weighted by molar-refractivity contribution is 0.412. The number of halogens is 1. The first kappa shape index (κ1) is 17.4. The molecule has 114 valence electrons. The first-order chi connectivity index (χ1) is 9.77. The van der Waals surface area contributed by atoms with Crippen LogP contribution in [0.15, 0.2) is 22.7 Å². The lowest BCUT2D eigenvalue weighted by atomic mass is 10.1. The lowest BCUT2D eigenvalue weighted by Crippen LogP contribution is -2.01. The molecule has 0 atom stereocenters. The van der Waals surface area contributed by atoms with Gasteiger partial charge < -0.3 is 10.1 Å². The summed E-state index contributed by atoms with van der Waals surface area (Å²) >= 11 is 3.47. The molecule has 1 aromatic rings. The highest BCUT2D eigenvalue weighted by atomic mass is 79.9. The predicted octanol–water partition coefficient (Wildman–Crippen LogP) is 6.01. The Bertz CT molecular complexity index is 368. The van der Waals surface area contributed by atoms with E-state index in [-0.39, 0.29) is 0 Å². The summed E-state index contributed by atoms with van der Waals surface area (Å²) in [4.78, 5) is 0. The number of rotatable bonds is 11. The van der Waals surface area contributed by atoms with E-state index in [2.05, 4.69) is 34.2 Å². The fraction of sp³-hybridized carbons (Fsp3) is 0.647. The molecule has 0 aromatic heterocycles. The monoisotopic (exact) mass is 341 g/mol. The van der Waals surface area contributed by atoms with E-state index in [4.69, 9.17) is 4.74 Å². The molecule has 0 bridgehead atoms. The van der Waals surface area contributed by atoms with Crippen molar-refractivity contribution < 1.29 is 4.74 Å². The normalized spacial score (nSPS) is 10.6. The first-order valence-corrected chi connectivity index (χ1v) is 8.64. The van der Waals surface area contributed by atoms with E-state index in [1.54, 1.807) is 7.11 Å². The van der Waals surface area contributed by atoms with Gasteiger partial charge >= 0.3 is 0 Å². The van der Waals surface area contributed by atoms with Crippen LogP contribution < -0.4 is 10.1 Å². The standard InChI is InChI=1S/C17H28BrNO/c1-3-4-5-6-7-8-9-10-13-19-15-11-12-16(18)17(14-15)20-2/h11-12,14,19H,3-10,13H2,1-2H3. The maximum absolute atomic E-state index is 5.29. The molecule has 0 radical (unpaired) electrons. The summed E-state index contributed by atoms with van der Waals surface area (Å²) in [6.45, 7) is 3.31. The maximum Gasteiger partial charge on any atom is 0.135 e. The molecule has 0 amide bonds. The van der Waals surface area contributed by atoms with Gasteiger partial charge in [-0.25, -0.2) is 0 Å². The SMILES string of the molecule is CCCCCCCCCCNc1ccc(Br)c(OC)c1. The third-order valence-electron chi connectivity index (χ3n) is 3.51. The molecule has 0 aliphatic heterocycles. The van der Waals surface area contributed by atoms with E-state index >= 15 is 0 Å². The number of hydrogen-bond acceptors (Lipinski definition) is 2. The number of nitrogens with one attached hydrogen (secondary N) is 1. The minimum absolute atomic E-state index is 0.880. The molecule has 1 aromatic carbocycles. The summed E-state index contributed by atoms with van der Waals surface area (Å²) in [7, 11) is 1.70. The van der Waals surface area contributed by atoms with Gasteiger partial charge in [0.15, 0.2) is 0 Å². The number of methoxy groups -OCH3 is 1. The van der Waals surface area contributed by atoms with Gasteiger partial charge in [0.25, 0.3) is 0 Å². The number of ether oxygens (including phenoxy) is 1. The summed E-state index contributed by atoms with van der Waals surface area (Å²) < 4.78 is 6.29. The zero-order valence-electron chi connectivity index (χ0n) is 12.9. The topological polar surface area (TPSA) is 21.3 Å². The average molecular weight is 342 g/mol. The Morgan fingerprint density at radius 1 is 1.00 bits per heavy atom. The van der Waals surface area contributed by atoms with E-state index in [1.165, 1.54) is 51.4 Å². The van der Waals surface area contributed by atoms with Gasteiger partial charge in [-0.15, -0.1) is 0 Å². The zero-order valence-corrected chi connectivity index (χ0v) is 14.5. The smallest absolute Gasteiger partial charge is 0.135 e. The minimum atomic E-state index is 0.880. The number of hydrogen-bond donors (Lipinski definition) is 1. The average Bonchev–Trinajstić information content (AvgIpc) is 2.47. The molecule has 20 heavy (non-hydrogen) atoms. The zero-order chi connectivity index (χ0) is 14.6. The van der Waals surface area contributed by atoms with Gasteiger partial charge in [0.05, 0.1) is 11.6 Å². The molecule has 0 spiro atoms. The fourth-order valence-electron chi connectivity index (χ4n) is 2.26. The molecule has 0 heterocycles. The van der Waals surface area contributed by atoms with Crippen LogP contribution in [0.4, 0.5) is 5.69 Å². The van der Waals surface area contributed by atoms with Crippen LogP contribution in [0.2, 0.25) is 0 Å². The molecule has 0 saturated heterocycles. The van der Waals surface area contributed by atoms with Crippen LogP contribution in [0.5, 0.6) is 5.75 Å². The van der Waals surface area contributed by atoms with Crippen molar-refractivity contribution in [1.29, 1.82) is 0 Å². The largest absolute Gasteiger partial charge is 0.495 e. The van der Waals surface area contributed by atoms with Crippen LogP contribution in [-0.2, 0) is 0 Å². The molecule has 0 aliphatic carbocycles. The van der Waals surface area contributed by atoms with Gasteiger partial charge in [-0.3, -0.25) is 0 Å². The van der Waals surface area contributed by atoms with Crippen molar-refractivity contribution in [1.82, 2.24) is 0 Å². The predicted molar refractivity (Wildman–Crippen MR) is 91.8 cm³/mol. The van der Waals surface area contributed by atoms with Gasteiger partial charge in [0.1, 0.15) is 5.75 Å². The van der Waals surface area contributed by atoms with Crippen molar-refractivity contribution in [2.24, 2.45) is 0 Å². The quantitative estimate of drug-likeness (QED) is 0.497. The van der Waals surface area contributed by atoms with Gasteiger partial charge in [-0.05, 0) is 34.5 Å². The Hall–Kier alpha value is -0.700. The second-order valence-electron chi connectivity index (χ2n) is 5.25. The van der Waals surface area contributed by atoms with Crippen molar-refractivity contribution in [3.8, 4) is 5.75 Å². The Morgan fingerprint density at radius 3 is 2.30 bits per heavy atom. The van der Waals surface area contributed by atoms with E-state index in [9.17, 15) is 0 Å². The van der Waals surface area contributed by atoms with Crippen molar-refractivity contribution >= 4 is 21.6 Å². The van der Waals surface area contributed by atoms with Gasteiger partial charge in [0.2, 0.25) is 0 Å². The third-order valence-corrected chi connectivity index (χ3v) is 4.17.